The normalized spacial score (nSPS) is 15.3. The number of piperazine rings is 1. The molecule has 0 spiro atoms. The number of hydrogen-bond donors (Lipinski definition) is 1. The zero-order valence-electron chi connectivity index (χ0n) is 14.9. The van der Waals surface area contributed by atoms with E-state index in [2.05, 4.69) is 63.8 Å². The molecule has 25 heavy (non-hydrogen) atoms. The first-order valence-electron chi connectivity index (χ1n) is 9.04. The van der Waals surface area contributed by atoms with Crippen molar-refractivity contribution in [1.82, 2.24) is 10.2 Å². The molecule has 1 amide bonds. The van der Waals surface area contributed by atoms with Gasteiger partial charge in [-0.05, 0) is 42.5 Å². The Kier molecular flexibility index (Phi) is 6.48. The fourth-order valence-corrected chi connectivity index (χ4v) is 3.89. The highest BCUT2D eigenvalue weighted by Gasteiger charge is 2.17. The Balaban J connectivity index is 1.33. The van der Waals surface area contributed by atoms with Crippen LogP contribution in [-0.4, -0.2) is 50.1 Å². The van der Waals surface area contributed by atoms with Crippen LogP contribution in [0.25, 0.3) is 0 Å². The van der Waals surface area contributed by atoms with E-state index in [0.717, 1.165) is 45.7 Å². The lowest BCUT2D eigenvalue weighted by molar-refractivity contribution is -0.121. The van der Waals surface area contributed by atoms with Crippen molar-refractivity contribution in [2.75, 3.05) is 44.2 Å². The second-order valence-corrected chi connectivity index (χ2v) is 7.63. The summed E-state index contributed by atoms with van der Waals surface area (Å²) in [6.07, 6.45) is 1.52. The summed E-state index contributed by atoms with van der Waals surface area (Å²) < 4.78 is 0. The summed E-state index contributed by atoms with van der Waals surface area (Å²) in [5, 5.41) is 5.11. The van der Waals surface area contributed by atoms with Gasteiger partial charge in [-0.2, -0.15) is 0 Å². The molecule has 0 bridgehead atoms. The van der Waals surface area contributed by atoms with Crippen molar-refractivity contribution < 1.29 is 4.79 Å². The molecule has 1 aromatic carbocycles. The van der Waals surface area contributed by atoms with Crippen LogP contribution in [0.2, 0.25) is 0 Å². The minimum atomic E-state index is 0.165. The summed E-state index contributed by atoms with van der Waals surface area (Å²) in [6.45, 7) is 7.84. The van der Waals surface area contributed by atoms with E-state index in [4.69, 9.17) is 0 Å². The van der Waals surface area contributed by atoms with Gasteiger partial charge in [0, 0.05) is 56.3 Å². The largest absolute Gasteiger partial charge is 0.369 e. The van der Waals surface area contributed by atoms with Crippen molar-refractivity contribution in [2.45, 2.75) is 19.8 Å². The number of thiophene rings is 1. The zero-order valence-corrected chi connectivity index (χ0v) is 15.7. The molecule has 1 aliphatic heterocycles. The molecule has 0 aliphatic carbocycles. The Morgan fingerprint density at radius 1 is 1.16 bits per heavy atom. The first-order valence-corrected chi connectivity index (χ1v) is 9.92. The Hall–Kier alpha value is -1.85. The van der Waals surface area contributed by atoms with Gasteiger partial charge in [0.15, 0.2) is 0 Å². The molecule has 1 fully saturated rings. The molecule has 1 aliphatic rings. The molecule has 0 unspecified atom stereocenters. The highest BCUT2D eigenvalue weighted by Crippen LogP contribution is 2.17. The summed E-state index contributed by atoms with van der Waals surface area (Å²) in [7, 11) is 0. The molecule has 1 N–H and O–H groups in total. The predicted octanol–water partition coefficient (Wildman–Crippen LogP) is 2.93. The number of amides is 1. The lowest BCUT2D eigenvalue weighted by Gasteiger charge is -2.36. The summed E-state index contributed by atoms with van der Waals surface area (Å²) in [5.41, 5.74) is 2.62. The summed E-state index contributed by atoms with van der Waals surface area (Å²) in [5.74, 6) is 0.165. The Morgan fingerprint density at radius 2 is 2.00 bits per heavy atom. The molecule has 1 saturated heterocycles. The van der Waals surface area contributed by atoms with Crippen LogP contribution in [-0.2, 0) is 11.2 Å². The third-order valence-corrected chi connectivity index (χ3v) is 5.60. The van der Waals surface area contributed by atoms with Gasteiger partial charge < -0.3 is 10.2 Å². The lowest BCUT2D eigenvalue weighted by atomic mass is 10.2. The first kappa shape index (κ1) is 18.0. The second-order valence-electron chi connectivity index (χ2n) is 6.60. The van der Waals surface area contributed by atoms with Crippen molar-refractivity contribution in [3.63, 3.8) is 0 Å². The highest BCUT2D eigenvalue weighted by atomic mass is 32.1. The van der Waals surface area contributed by atoms with Crippen molar-refractivity contribution >= 4 is 22.9 Å². The van der Waals surface area contributed by atoms with Gasteiger partial charge in [-0.3, -0.25) is 9.69 Å². The molecule has 4 nitrogen and oxygen atoms in total. The third-order valence-electron chi connectivity index (χ3n) is 4.67. The van der Waals surface area contributed by atoms with Gasteiger partial charge in [0.1, 0.15) is 0 Å². The highest BCUT2D eigenvalue weighted by molar-refractivity contribution is 7.09. The van der Waals surface area contributed by atoms with Gasteiger partial charge in [-0.15, -0.1) is 11.3 Å². The smallest absolute Gasteiger partial charge is 0.221 e. The number of carbonyl (C=O) groups excluding carboxylic acids is 1. The van der Waals surface area contributed by atoms with Crippen molar-refractivity contribution in [3.8, 4) is 0 Å². The van der Waals surface area contributed by atoms with E-state index in [0.29, 0.717) is 6.42 Å². The molecule has 1 aromatic heterocycles. The molecule has 2 heterocycles. The van der Waals surface area contributed by atoms with Crippen LogP contribution in [0, 0.1) is 6.92 Å². The molecule has 2 aromatic rings. The topological polar surface area (TPSA) is 35.6 Å². The number of hydrogen-bond acceptors (Lipinski definition) is 4. The number of nitrogens with zero attached hydrogens (tertiary/aromatic N) is 2. The quantitative estimate of drug-likeness (QED) is 0.828. The van der Waals surface area contributed by atoms with Gasteiger partial charge in [-0.25, -0.2) is 0 Å². The molecule has 0 atom stereocenters. The Morgan fingerprint density at radius 3 is 2.72 bits per heavy atom. The van der Waals surface area contributed by atoms with E-state index < -0.39 is 0 Å². The number of carbonyl (C=O) groups is 1. The minimum Gasteiger partial charge on any atom is -0.369 e. The molecule has 134 valence electrons. The van der Waals surface area contributed by atoms with Crippen LogP contribution in [0.5, 0.6) is 0 Å². The van der Waals surface area contributed by atoms with E-state index in [1.165, 1.54) is 16.1 Å². The first-order chi connectivity index (χ1) is 12.2. The fourth-order valence-electron chi connectivity index (χ4n) is 3.18. The molecule has 0 saturated carbocycles. The van der Waals surface area contributed by atoms with Crippen LogP contribution < -0.4 is 10.2 Å². The molecule has 0 radical (unpaired) electrons. The van der Waals surface area contributed by atoms with Gasteiger partial charge in [-0.1, -0.05) is 18.2 Å². The van der Waals surface area contributed by atoms with E-state index in [9.17, 15) is 4.79 Å². The van der Waals surface area contributed by atoms with Crippen LogP contribution >= 0.6 is 11.3 Å². The number of anilines is 1. The summed E-state index contributed by atoms with van der Waals surface area (Å²) in [4.78, 5) is 18.1. The summed E-state index contributed by atoms with van der Waals surface area (Å²) >= 11 is 1.75. The monoisotopic (exact) mass is 357 g/mol. The average molecular weight is 358 g/mol. The van der Waals surface area contributed by atoms with Gasteiger partial charge in [0.25, 0.3) is 0 Å². The predicted molar refractivity (Wildman–Crippen MR) is 105 cm³/mol. The second kappa shape index (κ2) is 9.02. The zero-order chi connectivity index (χ0) is 17.5. The van der Waals surface area contributed by atoms with Crippen molar-refractivity contribution in [3.05, 3.63) is 52.2 Å². The maximum absolute atomic E-state index is 12.0. The van der Waals surface area contributed by atoms with Crippen LogP contribution in [0.4, 0.5) is 5.69 Å². The van der Waals surface area contributed by atoms with E-state index in [1.807, 2.05) is 0 Å². The third kappa shape index (κ3) is 5.58. The SMILES string of the molecule is Cc1cccc(N2CCN(CCC(=O)NCCc3cccs3)CC2)c1. The number of aryl methyl sites for hydroxylation is 1. The standard InChI is InChI=1S/C20H27N3OS/c1-17-4-2-5-18(16-17)23-13-11-22(12-14-23)10-8-20(24)21-9-7-19-6-3-15-25-19/h2-6,15-16H,7-14H2,1H3,(H,21,24). The van der Waals surface area contributed by atoms with E-state index >= 15 is 0 Å². The number of rotatable bonds is 7. The maximum Gasteiger partial charge on any atom is 0.221 e. The van der Waals surface area contributed by atoms with Crippen LogP contribution in [0.15, 0.2) is 41.8 Å². The van der Waals surface area contributed by atoms with E-state index in [1.54, 1.807) is 11.3 Å². The van der Waals surface area contributed by atoms with Crippen molar-refractivity contribution in [2.24, 2.45) is 0 Å². The lowest BCUT2D eigenvalue weighted by Crippen LogP contribution is -2.47. The van der Waals surface area contributed by atoms with Gasteiger partial charge in [0.05, 0.1) is 0 Å². The molecule has 5 heteroatoms. The van der Waals surface area contributed by atoms with Crippen molar-refractivity contribution in [1.29, 1.82) is 0 Å². The Labute approximate surface area is 154 Å². The average Bonchev–Trinajstić information content (AvgIpc) is 3.14. The molecular formula is C20H27N3OS. The minimum absolute atomic E-state index is 0.165. The molecular weight excluding hydrogens is 330 g/mol. The summed E-state index contributed by atoms with van der Waals surface area (Å²) in [6, 6.07) is 12.9. The Bertz CT molecular complexity index is 663. The number of nitrogens with one attached hydrogen (secondary N) is 1. The van der Waals surface area contributed by atoms with E-state index in [-0.39, 0.29) is 5.91 Å². The van der Waals surface area contributed by atoms with Gasteiger partial charge >= 0.3 is 0 Å². The van der Waals surface area contributed by atoms with Crippen LogP contribution in [0.1, 0.15) is 16.9 Å². The fraction of sp³-hybridized carbons (Fsp3) is 0.450. The van der Waals surface area contributed by atoms with Crippen LogP contribution in [0.3, 0.4) is 0 Å². The maximum atomic E-state index is 12.0. The number of benzene rings is 1. The molecule has 3 rings (SSSR count). The van der Waals surface area contributed by atoms with Gasteiger partial charge in [0.2, 0.25) is 5.91 Å².